The Kier molecular flexibility index (Phi) is 7.57. The molecule has 1 heterocycles. The van der Waals surface area contributed by atoms with Gasteiger partial charge >= 0.3 is 0 Å². The third kappa shape index (κ3) is 6.01. The van der Waals surface area contributed by atoms with Gasteiger partial charge in [-0.25, -0.2) is 0 Å². The van der Waals surface area contributed by atoms with Crippen LogP contribution in [-0.2, 0) is 16.6 Å². The average molecular weight is 450 g/mol. The summed E-state index contributed by atoms with van der Waals surface area (Å²) in [6.07, 6.45) is 0.937. The smallest absolute Gasteiger partial charge is 0.253 e. The summed E-state index contributed by atoms with van der Waals surface area (Å²) in [4.78, 5) is 41.8. The largest absolute Gasteiger partial charge is 0.341 e. The Morgan fingerprint density at radius 2 is 1.36 bits per heavy atom. The van der Waals surface area contributed by atoms with Gasteiger partial charge < -0.3 is 15.1 Å². The quantitative estimate of drug-likeness (QED) is 0.758. The molecule has 0 saturated carbocycles. The summed E-state index contributed by atoms with van der Waals surface area (Å²) < 4.78 is 0. The normalized spacial score (nSPS) is 15.2. The number of nitrogens with one attached hydrogen (secondary N) is 1. The fourth-order valence-corrected chi connectivity index (χ4v) is 3.93. The summed E-state index contributed by atoms with van der Waals surface area (Å²) in [5.74, 6) is -0.403. The number of carbonyl (C=O) groups is 3. The topological polar surface area (TPSA) is 69.7 Å². The summed E-state index contributed by atoms with van der Waals surface area (Å²) in [5, 5.41) is 2.81. The Balaban J connectivity index is 1.52. The predicted octanol–water partition coefficient (Wildman–Crippen LogP) is 3.65. The van der Waals surface area contributed by atoms with E-state index in [1.807, 2.05) is 36.4 Å². The van der Waals surface area contributed by atoms with Crippen LogP contribution in [0.15, 0.2) is 48.5 Å². The lowest BCUT2D eigenvalue weighted by molar-refractivity contribution is -0.134. The molecule has 1 fully saturated rings. The predicted molar refractivity (Wildman–Crippen MR) is 130 cm³/mol. The summed E-state index contributed by atoms with van der Waals surface area (Å²) in [6.45, 7) is 12.0. The molecule has 3 rings (SSSR count). The Hall–Kier alpha value is -3.15. The van der Waals surface area contributed by atoms with E-state index in [1.165, 1.54) is 5.56 Å². The summed E-state index contributed by atoms with van der Waals surface area (Å²) in [6, 6.07) is 14.6. The van der Waals surface area contributed by atoms with Gasteiger partial charge in [-0.3, -0.25) is 14.4 Å². The van der Waals surface area contributed by atoms with E-state index in [-0.39, 0.29) is 23.1 Å². The second kappa shape index (κ2) is 10.2. The lowest BCUT2D eigenvalue weighted by Gasteiger charge is -2.36. The molecular formula is C27H35N3O3. The molecule has 1 aliphatic heterocycles. The van der Waals surface area contributed by atoms with Gasteiger partial charge in [0.2, 0.25) is 5.91 Å². The minimum Gasteiger partial charge on any atom is -0.341 e. The Bertz CT molecular complexity index is 983. The number of carbonyl (C=O) groups excluding carboxylic acids is 3. The first kappa shape index (κ1) is 24.5. The molecule has 1 unspecified atom stereocenters. The molecule has 0 radical (unpaired) electrons. The first-order valence-corrected chi connectivity index (χ1v) is 11.7. The zero-order valence-corrected chi connectivity index (χ0v) is 20.4. The van der Waals surface area contributed by atoms with Crippen molar-refractivity contribution in [1.29, 1.82) is 0 Å². The molecule has 3 amide bonds. The van der Waals surface area contributed by atoms with Gasteiger partial charge in [0.1, 0.15) is 6.04 Å². The number of rotatable bonds is 5. The van der Waals surface area contributed by atoms with Crippen LogP contribution in [0.4, 0.5) is 0 Å². The van der Waals surface area contributed by atoms with Crippen molar-refractivity contribution in [2.24, 2.45) is 0 Å². The van der Waals surface area contributed by atoms with E-state index in [0.29, 0.717) is 37.3 Å². The van der Waals surface area contributed by atoms with Crippen molar-refractivity contribution in [2.75, 3.05) is 26.2 Å². The van der Waals surface area contributed by atoms with E-state index in [1.54, 1.807) is 28.9 Å². The Morgan fingerprint density at radius 1 is 0.848 bits per heavy atom. The minimum atomic E-state index is -0.636. The van der Waals surface area contributed by atoms with Crippen LogP contribution in [0.2, 0.25) is 0 Å². The number of aryl methyl sites for hydroxylation is 1. The molecule has 2 aromatic rings. The van der Waals surface area contributed by atoms with Gasteiger partial charge in [0.05, 0.1) is 0 Å². The SMILES string of the molecule is CCc1ccc(C(=O)N2CCN(C(=O)C(C)NC(=O)c3ccc(C(C)(C)C)cc3)CC2)cc1. The van der Waals surface area contributed by atoms with Crippen LogP contribution in [-0.4, -0.2) is 59.7 Å². The number of piperazine rings is 1. The second-order valence-corrected chi connectivity index (χ2v) is 9.69. The molecule has 0 bridgehead atoms. The standard InChI is InChI=1S/C27H35N3O3/c1-6-20-7-9-22(10-8-20)26(33)30-17-15-29(16-18-30)25(32)19(2)28-24(31)21-11-13-23(14-12-21)27(3,4)5/h7-14,19H,6,15-18H2,1-5H3,(H,28,31). The number of amides is 3. The lowest BCUT2D eigenvalue weighted by Crippen LogP contribution is -2.55. The van der Waals surface area contributed by atoms with Crippen molar-refractivity contribution in [1.82, 2.24) is 15.1 Å². The Morgan fingerprint density at radius 3 is 1.88 bits per heavy atom. The van der Waals surface area contributed by atoms with Gasteiger partial charge in [-0.1, -0.05) is 52.0 Å². The summed E-state index contributed by atoms with van der Waals surface area (Å²) >= 11 is 0. The average Bonchev–Trinajstić information content (AvgIpc) is 2.82. The van der Waals surface area contributed by atoms with Gasteiger partial charge in [0.15, 0.2) is 0 Å². The van der Waals surface area contributed by atoms with Crippen LogP contribution in [0.25, 0.3) is 0 Å². The van der Waals surface area contributed by atoms with E-state index in [2.05, 4.69) is 33.0 Å². The zero-order chi connectivity index (χ0) is 24.2. The van der Waals surface area contributed by atoms with E-state index in [0.717, 1.165) is 12.0 Å². The molecule has 33 heavy (non-hydrogen) atoms. The molecule has 6 heteroatoms. The monoisotopic (exact) mass is 449 g/mol. The van der Waals surface area contributed by atoms with Crippen molar-refractivity contribution < 1.29 is 14.4 Å². The fourth-order valence-electron chi connectivity index (χ4n) is 3.93. The van der Waals surface area contributed by atoms with Crippen molar-refractivity contribution >= 4 is 17.7 Å². The highest BCUT2D eigenvalue weighted by Crippen LogP contribution is 2.22. The molecule has 1 saturated heterocycles. The highest BCUT2D eigenvalue weighted by Gasteiger charge is 2.28. The third-order valence-electron chi connectivity index (χ3n) is 6.22. The summed E-state index contributed by atoms with van der Waals surface area (Å²) in [7, 11) is 0. The van der Waals surface area contributed by atoms with E-state index >= 15 is 0 Å². The molecule has 0 spiro atoms. The van der Waals surface area contributed by atoms with E-state index in [9.17, 15) is 14.4 Å². The molecule has 1 aliphatic rings. The summed E-state index contributed by atoms with van der Waals surface area (Å²) in [5.41, 5.74) is 3.57. The molecule has 2 aromatic carbocycles. The lowest BCUT2D eigenvalue weighted by atomic mass is 9.86. The number of hydrogen-bond donors (Lipinski definition) is 1. The van der Waals surface area contributed by atoms with Gasteiger partial charge in [0, 0.05) is 37.3 Å². The van der Waals surface area contributed by atoms with Gasteiger partial charge in [-0.15, -0.1) is 0 Å². The van der Waals surface area contributed by atoms with Gasteiger partial charge in [-0.05, 0) is 54.2 Å². The second-order valence-electron chi connectivity index (χ2n) is 9.69. The Labute approximate surface area is 197 Å². The van der Waals surface area contributed by atoms with Crippen molar-refractivity contribution in [2.45, 2.75) is 52.5 Å². The fraction of sp³-hybridized carbons (Fsp3) is 0.444. The van der Waals surface area contributed by atoms with Gasteiger partial charge in [0.25, 0.3) is 11.8 Å². The molecule has 176 valence electrons. The highest BCUT2D eigenvalue weighted by atomic mass is 16.2. The van der Waals surface area contributed by atoms with Crippen LogP contribution in [0, 0.1) is 0 Å². The van der Waals surface area contributed by atoms with E-state index < -0.39 is 6.04 Å². The molecule has 0 aromatic heterocycles. The van der Waals surface area contributed by atoms with Crippen molar-refractivity contribution in [3.8, 4) is 0 Å². The van der Waals surface area contributed by atoms with Gasteiger partial charge in [-0.2, -0.15) is 0 Å². The molecular weight excluding hydrogens is 414 g/mol. The van der Waals surface area contributed by atoms with Crippen LogP contribution in [0.5, 0.6) is 0 Å². The van der Waals surface area contributed by atoms with Crippen LogP contribution in [0.3, 0.4) is 0 Å². The minimum absolute atomic E-state index is 0.00944. The molecule has 1 atom stereocenters. The third-order valence-corrected chi connectivity index (χ3v) is 6.22. The molecule has 0 aliphatic carbocycles. The zero-order valence-electron chi connectivity index (χ0n) is 20.4. The first-order valence-electron chi connectivity index (χ1n) is 11.7. The number of benzene rings is 2. The number of nitrogens with zero attached hydrogens (tertiary/aromatic N) is 2. The van der Waals surface area contributed by atoms with E-state index in [4.69, 9.17) is 0 Å². The molecule has 6 nitrogen and oxygen atoms in total. The maximum Gasteiger partial charge on any atom is 0.253 e. The van der Waals surface area contributed by atoms with Crippen molar-refractivity contribution in [3.05, 3.63) is 70.8 Å². The highest BCUT2D eigenvalue weighted by molar-refractivity contribution is 5.97. The van der Waals surface area contributed by atoms with Crippen LogP contribution >= 0.6 is 0 Å². The van der Waals surface area contributed by atoms with Crippen molar-refractivity contribution in [3.63, 3.8) is 0 Å². The van der Waals surface area contributed by atoms with Crippen LogP contribution < -0.4 is 5.32 Å². The molecule has 1 N–H and O–H groups in total. The first-order chi connectivity index (χ1) is 15.6. The van der Waals surface area contributed by atoms with Crippen LogP contribution in [0.1, 0.15) is 66.5 Å². The maximum absolute atomic E-state index is 12.9. The number of hydrogen-bond acceptors (Lipinski definition) is 3. The maximum atomic E-state index is 12.9.